The SMILES string of the molecule is CCOc1ccc2ccccc2c1C(=O)Nc1ccc(CC(=O)NCc2cccs2)cc1. The Morgan fingerprint density at radius 3 is 2.50 bits per heavy atom. The van der Waals surface area contributed by atoms with E-state index >= 15 is 0 Å². The van der Waals surface area contributed by atoms with Crippen molar-refractivity contribution in [3.8, 4) is 5.75 Å². The van der Waals surface area contributed by atoms with Gasteiger partial charge in [-0.2, -0.15) is 0 Å². The zero-order valence-electron chi connectivity index (χ0n) is 17.8. The lowest BCUT2D eigenvalue weighted by Crippen LogP contribution is -2.24. The lowest BCUT2D eigenvalue weighted by molar-refractivity contribution is -0.120. The van der Waals surface area contributed by atoms with Gasteiger partial charge in [-0.1, -0.05) is 48.5 Å². The van der Waals surface area contributed by atoms with Gasteiger partial charge in [-0.15, -0.1) is 11.3 Å². The molecule has 4 aromatic rings. The Labute approximate surface area is 191 Å². The highest BCUT2D eigenvalue weighted by atomic mass is 32.1. The highest BCUT2D eigenvalue weighted by molar-refractivity contribution is 7.09. The lowest BCUT2D eigenvalue weighted by atomic mass is 10.0. The molecule has 3 aromatic carbocycles. The Morgan fingerprint density at radius 1 is 0.938 bits per heavy atom. The highest BCUT2D eigenvalue weighted by Gasteiger charge is 2.17. The molecule has 0 aliphatic heterocycles. The number of anilines is 1. The summed E-state index contributed by atoms with van der Waals surface area (Å²) in [6.07, 6.45) is 0.289. The summed E-state index contributed by atoms with van der Waals surface area (Å²) in [6, 6.07) is 22.8. The lowest BCUT2D eigenvalue weighted by Gasteiger charge is -2.14. The summed E-state index contributed by atoms with van der Waals surface area (Å²) < 4.78 is 5.71. The van der Waals surface area contributed by atoms with Gasteiger partial charge < -0.3 is 15.4 Å². The number of thiophene rings is 1. The standard InChI is InChI=1S/C26H24N2O3S/c1-2-31-23-14-11-19-6-3-4-8-22(19)25(23)26(30)28-20-12-9-18(10-13-20)16-24(29)27-17-21-7-5-15-32-21/h3-15H,2,16-17H2,1H3,(H,27,29)(H,28,30). The smallest absolute Gasteiger partial charge is 0.260 e. The van der Waals surface area contributed by atoms with E-state index in [1.807, 2.05) is 85.1 Å². The average Bonchev–Trinajstić information content (AvgIpc) is 3.33. The molecule has 1 heterocycles. The van der Waals surface area contributed by atoms with Gasteiger partial charge in [0.15, 0.2) is 0 Å². The molecular formula is C26H24N2O3S. The van der Waals surface area contributed by atoms with Crippen LogP contribution >= 0.6 is 11.3 Å². The van der Waals surface area contributed by atoms with E-state index in [2.05, 4.69) is 10.6 Å². The van der Waals surface area contributed by atoms with Gasteiger partial charge in [0.05, 0.1) is 25.1 Å². The summed E-state index contributed by atoms with van der Waals surface area (Å²) in [7, 11) is 0. The van der Waals surface area contributed by atoms with E-state index < -0.39 is 0 Å². The highest BCUT2D eigenvalue weighted by Crippen LogP contribution is 2.29. The Kier molecular flexibility index (Phi) is 6.82. The topological polar surface area (TPSA) is 67.4 Å². The number of carbonyl (C=O) groups excluding carboxylic acids is 2. The van der Waals surface area contributed by atoms with Gasteiger partial charge in [-0.05, 0) is 52.9 Å². The van der Waals surface area contributed by atoms with E-state index in [1.54, 1.807) is 11.3 Å². The molecule has 162 valence electrons. The van der Waals surface area contributed by atoms with E-state index in [1.165, 1.54) is 0 Å². The maximum Gasteiger partial charge on any atom is 0.260 e. The number of hydrogen-bond donors (Lipinski definition) is 2. The minimum atomic E-state index is -0.230. The van der Waals surface area contributed by atoms with Crippen LogP contribution in [0.3, 0.4) is 0 Å². The van der Waals surface area contributed by atoms with Crippen molar-refractivity contribution in [2.24, 2.45) is 0 Å². The molecule has 0 saturated carbocycles. The molecule has 0 radical (unpaired) electrons. The second-order valence-corrected chi connectivity index (χ2v) is 8.31. The van der Waals surface area contributed by atoms with E-state index in [0.717, 1.165) is 21.2 Å². The van der Waals surface area contributed by atoms with Gasteiger partial charge in [-0.3, -0.25) is 9.59 Å². The maximum atomic E-state index is 13.1. The zero-order valence-corrected chi connectivity index (χ0v) is 18.6. The molecule has 2 amide bonds. The zero-order chi connectivity index (χ0) is 22.3. The van der Waals surface area contributed by atoms with E-state index in [4.69, 9.17) is 4.74 Å². The van der Waals surface area contributed by atoms with Crippen molar-refractivity contribution in [3.63, 3.8) is 0 Å². The fourth-order valence-electron chi connectivity index (χ4n) is 3.51. The van der Waals surface area contributed by atoms with E-state index in [9.17, 15) is 9.59 Å². The molecule has 0 spiro atoms. The van der Waals surface area contributed by atoms with Crippen LogP contribution < -0.4 is 15.4 Å². The first kappa shape index (κ1) is 21.6. The monoisotopic (exact) mass is 444 g/mol. The fraction of sp³-hybridized carbons (Fsp3) is 0.154. The third kappa shape index (κ3) is 5.15. The normalized spacial score (nSPS) is 10.7. The average molecular weight is 445 g/mol. The molecule has 0 bridgehead atoms. The Balaban J connectivity index is 1.44. The third-order valence-electron chi connectivity index (χ3n) is 5.03. The van der Waals surface area contributed by atoms with Gasteiger partial charge in [0.25, 0.3) is 5.91 Å². The molecule has 0 saturated heterocycles. The molecule has 1 aromatic heterocycles. The maximum absolute atomic E-state index is 13.1. The van der Waals surface area contributed by atoms with Crippen molar-refractivity contribution in [1.82, 2.24) is 5.32 Å². The van der Waals surface area contributed by atoms with Crippen LogP contribution in [0.25, 0.3) is 10.8 Å². The number of amides is 2. The van der Waals surface area contributed by atoms with Crippen LogP contribution in [0.15, 0.2) is 78.2 Å². The van der Waals surface area contributed by atoms with Gasteiger partial charge >= 0.3 is 0 Å². The predicted molar refractivity (Wildman–Crippen MR) is 129 cm³/mol. The van der Waals surface area contributed by atoms with Crippen molar-refractivity contribution in [3.05, 3.63) is 94.2 Å². The van der Waals surface area contributed by atoms with Gasteiger partial charge in [0.1, 0.15) is 5.75 Å². The number of fused-ring (bicyclic) bond motifs is 1. The van der Waals surface area contributed by atoms with Crippen LogP contribution in [0.4, 0.5) is 5.69 Å². The number of hydrogen-bond acceptors (Lipinski definition) is 4. The summed E-state index contributed by atoms with van der Waals surface area (Å²) in [5, 5.41) is 9.69. The number of benzene rings is 3. The number of ether oxygens (including phenoxy) is 1. The van der Waals surface area contributed by atoms with Crippen LogP contribution in [0.1, 0.15) is 27.7 Å². The van der Waals surface area contributed by atoms with Crippen molar-refractivity contribution >= 4 is 39.6 Å². The van der Waals surface area contributed by atoms with Crippen LogP contribution in [0, 0.1) is 0 Å². The quantitative estimate of drug-likeness (QED) is 0.382. The molecule has 0 fully saturated rings. The summed E-state index contributed by atoms with van der Waals surface area (Å²) in [5.74, 6) is 0.293. The van der Waals surface area contributed by atoms with Crippen LogP contribution in [-0.2, 0) is 17.8 Å². The Hall–Kier alpha value is -3.64. The molecular weight excluding hydrogens is 420 g/mol. The van der Waals surface area contributed by atoms with Crippen molar-refractivity contribution < 1.29 is 14.3 Å². The third-order valence-corrected chi connectivity index (χ3v) is 5.91. The molecule has 0 unspecified atom stereocenters. The van der Waals surface area contributed by atoms with Crippen molar-refractivity contribution in [1.29, 1.82) is 0 Å². The largest absolute Gasteiger partial charge is 0.493 e. The molecule has 0 atom stereocenters. The van der Waals surface area contributed by atoms with Crippen LogP contribution in [0.2, 0.25) is 0 Å². The molecule has 0 aliphatic rings. The van der Waals surface area contributed by atoms with Gasteiger partial charge in [-0.25, -0.2) is 0 Å². The molecule has 4 rings (SSSR count). The van der Waals surface area contributed by atoms with Crippen molar-refractivity contribution in [2.45, 2.75) is 19.9 Å². The molecule has 0 aliphatic carbocycles. The Bertz CT molecular complexity index is 1220. The molecule has 6 heteroatoms. The van der Waals surface area contributed by atoms with Crippen LogP contribution in [0.5, 0.6) is 5.75 Å². The van der Waals surface area contributed by atoms with Crippen molar-refractivity contribution in [2.75, 3.05) is 11.9 Å². The first-order chi connectivity index (χ1) is 15.6. The molecule has 2 N–H and O–H groups in total. The minimum Gasteiger partial charge on any atom is -0.493 e. The second-order valence-electron chi connectivity index (χ2n) is 7.28. The predicted octanol–water partition coefficient (Wildman–Crippen LogP) is 5.41. The minimum absolute atomic E-state index is 0.0349. The Morgan fingerprint density at radius 2 is 1.75 bits per heavy atom. The first-order valence-corrected chi connectivity index (χ1v) is 11.4. The summed E-state index contributed by atoms with van der Waals surface area (Å²) in [6.45, 7) is 2.91. The summed E-state index contributed by atoms with van der Waals surface area (Å²) >= 11 is 1.62. The van der Waals surface area contributed by atoms with E-state index in [0.29, 0.717) is 30.2 Å². The van der Waals surface area contributed by atoms with E-state index in [-0.39, 0.29) is 18.2 Å². The van der Waals surface area contributed by atoms with Gasteiger partial charge in [0.2, 0.25) is 5.91 Å². The summed E-state index contributed by atoms with van der Waals surface area (Å²) in [4.78, 5) is 26.4. The fourth-order valence-corrected chi connectivity index (χ4v) is 4.15. The number of nitrogens with one attached hydrogen (secondary N) is 2. The first-order valence-electron chi connectivity index (χ1n) is 10.5. The van der Waals surface area contributed by atoms with Gasteiger partial charge in [0, 0.05) is 10.6 Å². The summed E-state index contributed by atoms with van der Waals surface area (Å²) in [5.41, 5.74) is 2.06. The van der Waals surface area contributed by atoms with Crippen LogP contribution in [-0.4, -0.2) is 18.4 Å². The number of carbonyl (C=O) groups is 2. The molecule has 32 heavy (non-hydrogen) atoms. The second kappa shape index (κ2) is 10.1. The molecule has 5 nitrogen and oxygen atoms in total. The number of rotatable bonds is 8.